The fraction of sp³-hybridized carbons (Fsp3) is 0.120. The molecule has 4 rings (SSSR count). The van der Waals surface area contributed by atoms with Gasteiger partial charge in [0.1, 0.15) is 18.1 Å². The highest BCUT2D eigenvalue weighted by Crippen LogP contribution is 2.38. The summed E-state index contributed by atoms with van der Waals surface area (Å²) in [6.45, 7) is 2.89. The number of benzene rings is 3. The van der Waals surface area contributed by atoms with Gasteiger partial charge in [0.15, 0.2) is 4.32 Å². The highest BCUT2D eigenvalue weighted by atomic mass is 79.9. The monoisotopic (exact) mass is 559 g/mol. The zero-order valence-corrected chi connectivity index (χ0v) is 21.6. The van der Waals surface area contributed by atoms with Crippen LogP contribution in [0.3, 0.4) is 0 Å². The molecule has 0 unspecified atom stereocenters. The molecule has 1 aliphatic heterocycles. The summed E-state index contributed by atoms with van der Waals surface area (Å²) in [4.78, 5) is 15.3. The van der Waals surface area contributed by atoms with Crippen LogP contribution in [0.2, 0.25) is 5.02 Å². The minimum atomic E-state index is -0.169. The van der Waals surface area contributed by atoms with Crippen LogP contribution in [0.5, 0.6) is 11.5 Å². The van der Waals surface area contributed by atoms with Crippen molar-refractivity contribution in [2.45, 2.75) is 13.5 Å². The zero-order valence-electron chi connectivity index (χ0n) is 17.6. The Morgan fingerprint density at radius 2 is 1.79 bits per heavy atom. The SMILES string of the molecule is CCOc1ccc(N2C(=O)/C(=C\c3cc(Br)ccc3OCc3ccc(Cl)cc3)SC2=S)cc1. The fourth-order valence-electron chi connectivity index (χ4n) is 3.19. The van der Waals surface area contributed by atoms with Gasteiger partial charge < -0.3 is 9.47 Å². The first-order valence-corrected chi connectivity index (χ1v) is 12.5. The number of rotatable bonds is 7. The van der Waals surface area contributed by atoms with E-state index < -0.39 is 0 Å². The summed E-state index contributed by atoms with van der Waals surface area (Å²) < 4.78 is 12.9. The lowest BCUT2D eigenvalue weighted by Gasteiger charge is -2.15. The highest BCUT2D eigenvalue weighted by molar-refractivity contribution is 9.10. The lowest BCUT2D eigenvalue weighted by molar-refractivity contribution is -0.113. The van der Waals surface area contributed by atoms with Crippen LogP contribution in [0.1, 0.15) is 18.1 Å². The number of carbonyl (C=O) groups is 1. The van der Waals surface area contributed by atoms with Crippen molar-refractivity contribution in [2.75, 3.05) is 11.5 Å². The number of ether oxygens (including phenoxy) is 2. The van der Waals surface area contributed by atoms with E-state index in [1.54, 1.807) is 0 Å². The standard InChI is InChI=1S/C25H19BrClNO3S2/c1-2-30-21-10-8-20(9-11-21)28-24(29)23(33-25(28)32)14-17-13-18(26)5-12-22(17)31-15-16-3-6-19(27)7-4-16/h3-14H,2,15H2,1H3/b23-14+. The molecule has 8 heteroatoms. The van der Waals surface area contributed by atoms with Crippen molar-refractivity contribution in [1.29, 1.82) is 0 Å². The van der Waals surface area contributed by atoms with Crippen molar-refractivity contribution in [3.8, 4) is 11.5 Å². The Balaban J connectivity index is 1.56. The summed E-state index contributed by atoms with van der Waals surface area (Å²) in [6.07, 6.45) is 1.82. The van der Waals surface area contributed by atoms with E-state index in [2.05, 4.69) is 15.9 Å². The summed E-state index contributed by atoms with van der Waals surface area (Å²) in [5.74, 6) is 1.25. The predicted molar refractivity (Wildman–Crippen MR) is 143 cm³/mol. The predicted octanol–water partition coefficient (Wildman–Crippen LogP) is 7.49. The molecule has 0 aromatic heterocycles. The molecule has 1 heterocycles. The van der Waals surface area contributed by atoms with Gasteiger partial charge in [-0.15, -0.1) is 0 Å². The van der Waals surface area contributed by atoms with Gasteiger partial charge in [-0.1, -0.05) is 63.6 Å². The van der Waals surface area contributed by atoms with Crippen molar-refractivity contribution < 1.29 is 14.3 Å². The lowest BCUT2D eigenvalue weighted by Crippen LogP contribution is -2.27. The molecule has 0 radical (unpaired) electrons. The van der Waals surface area contributed by atoms with E-state index in [-0.39, 0.29) is 5.91 Å². The number of hydrogen-bond donors (Lipinski definition) is 0. The van der Waals surface area contributed by atoms with E-state index in [0.717, 1.165) is 21.3 Å². The van der Waals surface area contributed by atoms with E-state index in [1.807, 2.05) is 79.7 Å². The van der Waals surface area contributed by atoms with Crippen molar-refractivity contribution in [3.05, 3.63) is 92.3 Å². The Kier molecular flexibility index (Phi) is 7.75. The fourth-order valence-corrected chi connectivity index (χ4v) is 4.99. The lowest BCUT2D eigenvalue weighted by atomic mass is 10.1. The maximum Gasteiger partial charge on any atom is 0.270 e. The summed E-state index contributed by atoms with van der Waals surface area (Å²) in [7, 11) is 0. The Labute approximate surface area is 215 Å². The molecule has 33 heavy (non-hydrogen) atoms. The molecule has 0 N–H and O–H groups in total. The zero-order chi connectivity index (χ0) is 23.4. The maximum atomic E-state index is 13.2. The van der Waals surface area contributed by atoms with E-state index in [9.17, 15) is 4.79 Å². The minimum absolute atomic E-state index is 0.169. The topological polar surface area (TPSA) is 38.8 Å². The van der Waals surface area contributed by atoms with Gasteiger partial charge in [0.2, 0.25) is 0 Å². The molecule has 0 saturated carbocycles. The average molecular weight is 561 g/mol. The third-order valence-electron chi connectivity index (χ3n) is 4.77. The van der Waals surface area contributed by atoms with E-state index in [4.69, 9.17) is 33.3 Å². The molecule has 0 spiro atoms. The Hall–Kier alpha value is -2.32. The summed E-state index contributed by atoms with van der Waals surface area (Å²) in [5, 5.41) is 0.678. The summed E-state index contributed by atoms with van der Waals surface area (Å²) in [5.41, 5.74) is 2.48. The van der Waals surface area contributed by atoms with Crippen molar-refractivity contribution in [1.82, 2.24) is 0 Å². The number of carbonyl (C=O) groups excluding carboxylic acids is 1. The molecule has 1 aliphatic rings. The molecule has 3 aromatic carbocycles. The maximum absolute atomic E-state index is 13.2. The number of anilines is 1. The van der Waals surface area contributed by atoms with Crippen molar-refractivity contribution >= 4 is 73.5 Å². The normalized spacial score (nSPS) is 14.8. The van der Waals surface area contributed by atoms with Crippen molar-refractivity contribution in [3.63, 3.8) is 0 Å². The van der Waals surface area contributed by atoms with Crippen LogP contribution < -0.4 is 14.4 Å². The Bertz CT molecular complexity index is 1210. The molecule has 4 nitrogen and oxygen atoms in total. The Morgan fingerprint density at radius 1 is 1.06 bits per heavy atom. The van der Waals surface area contributed by atoms with Crippen LogP contribution in [0.4, 0.5) is 5.69 Å². The average Bonchev–Trinajstić information content (AvgIpc) is 3.08. The Morgan fingerprint density at radius 3 is 2.48 bits per heavy atom. The largest absolute Gasteiger partial charge is 0.494 e. The number of thiocarbonyl (C=S) groups is 1. The first-order chi connectivity index (χ1) is 15.9. The number of hydrogen-bond acceptors (Lipinski definition) is 5. The second-order valence-electron chi connectivity index (χ2n) is 7.04. The van der Waals surface area contributed by atoms with Crippen LogP contribution in [0, 0.1) is 0 Å². The minimum Gasteiger partial charge on any atom is -0.494 e. The molecule has 0 atom stereocenters. The van der Waals surface area contributed by atoms with Gasteiger partial charge in [-0.25, -0.2) is 0 Å². The molecule has 168 valence electrons. The van der Waals surface area contributed by atoms with Gasteiger partial charge in [0, 0.05) is 15.1 Å². The van der Waals surface area contributed by atoms with Crippen LogP contribution in [-0.4, -0.2) is 16.8 Å². The van der Waals surface area contributed by atoms with Crippen molar-refractivity contribution in [2.24, 2.45) is 0 Å². The molecule has 3 aromatic rings. The van der Waals surface area contributed by atoms with Crippen LogP contribution >= 0.6 is 51.5 Å². The van der Waals surface area contributed by atoms with Gasteiger partial charge in [-0.3, -0.25) is 9.69 Å². The van der Waals surface area contributed by atoms with E-state index >= 15 is 0 Å². The third kappa shape index (κ3) is 5.79. The van der Waals surface area contributed by atoms with Gasteiger partial charge >= 0.3 is 0 Å². The van der Waals surface area contributed by atoms with Gasteiger partial charge in [0.05, 0.1) is 17.2 Å². The molecular formula is C25H19BrClNO3S2. The van der Waals surface area contributed by atoms with Gasteiger partial charge in [-0.05, 0) is 73.2 Å². The van der Waals surface area contributed by atoms with E-state index in [1.165, 1.54) is 16.7 Å². The van der Waals surface area contributed by atoms with Crippen LogP contribution in [-0.2, 0) is 11.4 Å². The third-order valence-corrected chi connectivity index (χ3v) is 6.81. The first-order valence-electron chi connectivity index (χ1n) is 10.1. The first kappa shape index (κ1) is 23.8. The van der Waals surface area contributed by atoms with Gasteiger partial charge in [0.25, 0.3) is 5.91 Å². The van der Waals surface area contributed by atoms with Crippen LogP contribution in [0.15, 0.2) is 76.1 Å². The second-order valence-corrected chi connectivity index (χ2v) is 10.1. The molecule has 0 bridgehead atoms. The summed E-state index contributed by atoms with van der Waals surface area (Å²) >= 11 is 16.2. The van der Waals surface area contributed by atoms with Crippen LogP contribution in [0.25, 0.3) is 6.08 Å². The molecular weight excluding hydrogens is 542 g/mol. The number of amides is 1. The highest BCUT2D eigenvalue weighted by Gasteiger charge is 2.33. The molecule has 1 saturated heterocycles. The number of nitrogens with zero attached hydrogens (tertiary/aromatic N) is 1. The quantitative estimate of drug-likeness (QED) is 0.221. The van der Waals surface area contributed by atoms with Gasteiger partial charge in [-0.2, -0.15) is 0 Å². The molecule has 1 amide bonds. The second kappa shape index (κ2) is 10.7. The summed E-state index contributed by atoms with van der Waals surface area (Å²) in [6, 6.07) is 20.5. The number of thioether (sulfide) groups is 1. The molecule has 1 fully saturated rings. The number of halogens is 2. The van der Waals surface area contributed by atoms with E-state index in [0.29, 0.717) is 38.9 Å². The smallest absolute Gasteiger partial charge is 0.270 e. The molecule has 0 aliphatic carbocycles.